The number of rotatable bonds is 4. The van der Waals surface area contributed by atoms with Crippen LogP contribution in [0.5, 0.6) is 0 Å². The van der Waals surface area contributed by atoms with Gasteiger partial charge in [0.15, 0.2) is 0 Å². The van der Waals surface area contributed by atoms with Gasteiger partial charge in [-0.15, -0.1) is 0 Å². The summed E-state index contributed by atoms with van der Waals surface area (Å²) in [6.45, 7) is 11.3. The fourth-order valence-corrected chi connectivity index (χ4v) is 5.72. The summed E-state index contributed by atoms with van der Waals surface area (Å²) in [6, 6.07) is 18.0. The highest BCUT2D eigenvalue weighted by Gasteiger charge is 2.47. The van der Waals surface area contributed by atoms with Crippen LogP contribution in [0.1, 0.15) is 46.6 Å². The predicted molar refractivity (Wildman–Crippen MR) is 140 cm³/mol. The Labute approximate surface area is 205 Å². The average molecular weight is 476 g/mol. The van der Waals surface area contributed by atoms with Crippen molar-refractivity contribution < 1.29 is 9.52 Å². The van der Waals surface area contributed by atoms with E-state index in [0.717, 1.165) is 33.3 Å². The van der Waals surface area contributed by atoms with E-state index in [9.17, 15) is 9.90 Å². The lowest BCUT2D eigenvalue weighted by Gasteiger charge is -2.43. The van der Waals surface area contributed by atoms with E-state index < -0.39 is 0 Å². The summed E-state index contributed by atoms with van der Waals surface area (Å²) in [7, 11) is 0. The number of hydrogen-bond acceptors (Lipinski definition) is 4. The van der Waals surface area contributed by atoms with Crippen molar-refractivity contribution in [2.45, 2.75) is 58.0 Å². The van der Waals surface area contributed by atoms with Gasteiger partial charge in [-0.3, -0.25) is 4.79 Å². The summed E-state index contributed by atoms with van der Waals surface area (Å²) < 4.78 is 6.36. The molecule has 0 saturated heterocycles. The Morgan fingerprint density at radius 2 is 1.82 bits per heavy atom. The number of fused-ring (bicyclic) bond motifs is 3. The minimum atomic E-state index is -0.252. The van der Waals surface area contributed by atoms with Gasteiger partial charge in [0.05, 0.1) is 5.02 Å². The molecule has 2 aromatic carbocycles. The van der Waals surface area contributed by atoms with Gasteiger partial charge in [0.2, 0.25) is 5.43 Å². The van der Waals surface area contributed by atoms with Crippen LogP contribution in [0, 0.1) is 0 Å². The fourth-order valence-electron chi connectivity index (χ4n) is 5.56. The van der Waals surface area contributed by atoms with E-state index >= 15 is 0 Å². The molecule has 5 heteroatoms. The molecule has 1 N–H and O–H groups in total. The molecule has 0 amide bonds. The molecule has 34 heavy (non-hydrogen) atoms. The van der Waals surface area contributed by atoms with E-state index in [-0.39, 0.29) is 34.1 Å². The largest absolute Gasteiger partial charge is 0.456 e. The molecule has 0 bridgehead atoms. The maximum atomic E-state index is 12.4. The Morgan fingerprint density at radius 1 is 1.12 bits per heavy atom. The highest BCUT2D eigenvalue weighted by Crippen LogP contribution is 2.52. The number of nitrogens with zero attached hydrogens (tertiary/aromatic N) is 1. The highest BCUT2D eigenvalue weighted by atomic mass is 35.5. The first-order valence-electron chi connectivity index (χ1n) is 11.8. The summed E-state index contributed by atoms with van der Waals surface area (Å²) in [5, 5.41) is 10.9. The Balaban J connectivity index is 1.90. The average Bonchev–Trinajstić information content (AvgIpc) is 2.98. The molecule has 4 nitrogen and oxygen atoms in total. The second-order valence-corrected chi connectivity index (χ2v) is 10.9. The summed E-state index contributed by atoms with van der Waals surface area (Å²) in [4.78, 5) is 14.8. The van der Waals surface area contributed by atoms with Crippen LogP contribution in [-0.4, -0.2) is 23.3 Å². The van der Waals surface area contributed by atoms with Crippen molar-refractivity contribution in [3.63, 3.8) is 0 Å². The van der Waals surface area contributed by atoms with E-state index in [0.29, 0.717) is 12.2 Å². The topological polar surface area (TPSA) is 53.7 Å². The molecule has 0 radical (unpaired) electrons. The van der Waals surface area contributed by atoms with E-state index in [1.54, 1.807) is 6.07 Å². The maximum absolute atomic E-state index is 12.4. The molecule has 2 aromatic rings. The number of anilines is 1. The molecular formula is C29H30ClNO3. The number of benzene rings is 3. The number of aliphatic hydroxyl groups is 1. The zero-order valence-corrected chi connectivity index (χ0v) is 21.0. The van der Waals surface area contributed by atoms with Crippen molar-refractivity contribution in [2.24, 2.45) is 0 Å². The lowest BCUT2D eigenvalue weighted by atomic mass is 9.80. The number of aliphatic hydroxyl groups excluding tert-OH is 1. The SMILES string of the molecule is CC1N(C(C)(C)CCO)c2cc3oc4cc(=O)c(Cl)cc-4c(-c4ccccc4)c3cc2C1(C)C. The molecule has 2 aliphatic heterocycles. The molecule has 1 unspecified atom stereocenters. The van der Waals surface area contributed by atoms with Crippen molar-refractivity contribution in [1.82, 2.24) is 0 Å². The molecule has 0 saturated carbocycles. The highest BCUT2D eigenvalue weighted by molar-refractivity contribution is 6.31. The van der Waals surface area contributed by atoms with Gasteiger partial charge in [0.1, 0.15) is 11.3 Å². The van der Waals surface area contributed by atoms with Crippen molar-refractivity contribution in [3.05, 3.63) is 75.4 Å². The van der Waals surface area contributed by atoms with Crippen LogP contribution < -0.4 is 10.3 Å². The van der Waals surface area contributed by atoms with Crippen molar-refractivity contribution in [1.29, 1.82) is 0 Å². The van der Waals surface area contributed by atoms with Crippen molar-refractivity contribution >= 4 is 28.3 Å². The van der Waals surface area contributed by atoms with Gasteiger partial charge < -0.3 is 14.4 Å². The van der Waals surface area contributed by atoms with Crippen LogP contribution in [0.4, 0.5) is 5.69 Å². The van der Waals surface area contributed by atoms with E-state index in [1.165, 1.54) is 11.6 Å². The van der Waals surface area contributed by atoms with Crippen LogP contribution in [0.2, 0.25) is 5.02 Å². The first kappa shape index (κ1) is 22.9. The lowest BCUT2D eigenvalue weighted by molar-refractivity contribution is 0.237. The zero-order valence-electron chi connectivity index (χ0n) is 20.3. The van der Waals surface area contributed by atoms with Crippen LogP contribution >= 0.6 is 11.6 Å². The number of halogens is 1. The fraction of sp³-hybridized carbons (Fsp3) is 0.345. The minimum Gasteiger partial charge on any atom is -0.456 e. The van der Waals surface area contributed by atoms with Crippen molar-refractivity contribution in [2.75, 3.05) is 11.5 Å². The van der Waals surface area contributed by atoms with Crippen LogP contribution in [0.3, 0.4) is 0 Å². The van der Waals surface area contributed by atoms with Crippen LogP contribution in [-0.2, 0) is 5.41 Å². The molecule has 0 spiro atoms. The maximum Gasteiger partial charge on any atom is 0.200 e. The van der Waals surface area contributed by atoms with Gasteiger partial charge >= 0.3 is 0 Å². The summed E-state index contributed by atoms with van der Waals surface area (Å²) >= 11 is 6.27. The molecule has 1 atom stereocenters. The molecular weight excluding hydrogens is 446 g/mol. The van der Waals surface area contributed by atoms with Gasteiger partial charge in [-0.25, -0.2) is 0 Å². The first-order chi connectivity index (χ1) is 16.1. The molecule has 2 heterocycles. The third kappa shape index (κ3) is 3.35. The Morgan fingerprint density at radius 3 is 2.50 bits per heavy atom. The molecule has 176 valence electrons. The second kappa shape index (κ2) is 7.86. The minimum absolute atomic E-state index is 0.115. The van der Waals surface area contributed by atoms with Crippen LogP contribution in [0.25, 0.3) is 33.4 Å². The van der Waals surface area contributed by atoms with Gasteiger partial charge in [-0.1, -0.05) is 55.8 Å². The molecule has 0 aromatic heterocycles. The second-order valence-electron chi connectivity index (χ2n) is 10.5. The zero-order chi connectivity index (χ0) is 24.4. The van der Waals surface area contributed by atoms with Gasteiger partial charge in [0.25, 0.3) is 0 Å². The Hall–Kier alpha value is -2.82. The summed E-state index contributed by atoms with van der Waals surface area (Å²) in [5.41, 5.74) is 5.36. The van der Waals surface area contributed by atoms with E-state index in [4.69, 9.17) is 16.0 Å². The Kier molecular flexibility index (Phi) is 5.30. The normalized spacial score (nSPS) is 17.5. The van der Waals surface area contributed by atoms with E-state index in [1.807, 2.05) is 18.2 Å². The molecule has 0 fully saturated rings. The third-order valence-corrected chi connectivity index (χ3v) is 8.01. The van der Waals surface area contributed by atoms with Crippen LogP contribution in [0.15, 0.2) is 63.8 Å². The summed E-state index contributed by atoms with van der Waals surface area (Å²) in [5.74, 6) is 0.521. The molecule has 1 aliphatic carbocycles. The third-order valence-electron chi connectivity index (χ3n) is 7.71. The summed E-state index contributed by atoms with van der Waals surface area (Å²) in [6.07, 6.45) is 0.660. The quantitative estimate of drug-likeness (QED) is 0.327. The molecule has 5 rings (SSSR count). The monoisotopic (exact) mass is 475 g/mol. The standard InChI is InChI=1S/C29H30ClNO3/c1-17-29(4,5)21-13-19-25(15-23(21)31(17)28(2,3)11-12-32)34-26-16-24(33)22(30)14-20(26)27(19)18-9-7-6-8-10-18/h6-10,13-17,32H,11-12H2,1-5H3. The predicted octanol–water partition coefficient (Wildman–Crippen LogP) is 6.87. The van der Waals surface area contributed by atoms with Gasteiger partial charge in [0, 0.05) is 57.9 Å². The lowest BCUT2D eigenvalue weighted by Crippen LogP contribution is -2.51. The molecule has 3 aliphatic rings. The number of hydrogen-bond donors (Lipinski definition) is 1. The smallest absolute Gasteiger partial charge is 0.200 e. The van der Waals surface area contributed by atoms with E-state index in [2.05, 4.69) is 63.8 Å². The van der Waals surface area contributed by atoms with Crippen molar-refractivity contribution in [3.8, 4) is 22.5 Å². The van der Waals surface area contributed by atoms with Gasteiger partial charge in [-0.2, -0.15) is 0 Å². The Bertz CT molecular complexity index is 1420. The van der Waals surface area contributed by atoms with Gasteiger partial charge in [-0.05, 0) is 50.5 Å². The first-order valence-corrected chi connectivity index (χ1v) is 12.1.